The molecule has 0 radical (unpaired) electrons. The average Bonchev–Trinajstić information content (AvgIpc) is 0.811. The quantitative estimate of drug-likeness (QED) is 0.529. The lowest BCUT2D eigenvalue weighted by Gasteiger charge is -1.57. The molecule has 0 aromatic rings. The fourth-order valence-corrected chi connectivity index (χ4v) is 0. The molecular weight excluding hydrogens is 125 g/mol. The Bertz CT molecular complexity index is 34.5. The summed E-state index contributed by atoms with van der Waals surface area (Å²) in [6.07, 6.45) is 0. The van der Waals surface area contributed by atoms with Crippen molar-refractivity contribution in [3.63, 3.8) is 0 Å². The lowest BCUT2D eigenvalue weighted by atomic mass is 11.3. The number of halogens is 2. The van der Waals surface area contributed by atoms with Gasteiger partial charge >= 0.3 is 0 Å². The molecule has 0 bridgehead atoms. The predicted molar refractivity (Wildman–Crippen MR) is 29.5 cm³/mol. The summed E-state index contributed by atoms with van der Waals surface area (Å²) in [6, 6.07) is 0. The minimum Gasteiger partial charge on any atom is -0.412 e. The maximum Gasteiger partial charge on any atom is 0.0992 e. The lowest BCUT2D eigenvalue weighted by Crippen LogP contribution is -1.24. The van der Waals surface area contributed by atoms with Gasteiger partial charge < -0.3 is 11.6 Å². The van der Waals surface area contributed by atoms with Crippen LogP contribution in [0, 0.1) is 0 Å². The van der Waals surface area contributed by atoms with E-state index in [-0.39, 0.29) is 16.1 Å². The molecule has 0 aromatic heterocycles. The SMILES string of the molecule is C=C(Cl)Cl.N.O. The molecular formula is C2H7Cl2NO. The normalized spacial score (nSPS) is 4.33. The summed E-state index contributed by atoms with van der Waals surface area (Å²) < 4.78 is 0.111. The molecule has 0 amide bonds. The second kappa shape index (κ2) is 8.97. The van der Waals surface area contributed by atoms with Crippen LogP contribution < -0.4 is 6.15 Å². The summed E-state index contributed by atoms with van der Waals surface area (Å²) in [7, 11) is 0. The highest BCUT2D eigenvalue weighted by molar-refractivity contribution is 6.55. The summed E-state index contributed by atoms with van der Waals surface area (Å²) in [6.45, 7) is 3.09. The van der Waals surface area contributed by atoms with E-state index in [1.807, 2.05) is 0 Å². The zero-order chi connectivity index (χ0) is 3.58. The lowest BCUT2D eigenvalue weighted by molar-refractivity contribution is 0.824. The molecule has 0 aliphatic carbocycles. The fraction of sp³-hybridized carbons (Fsp3) is 0. The molecule has 0 saturated carbocycles. The molecule has 0 unspecified atom stereocenters. The van der Waals surface area contributed by atoms with Crippen molar-refractivity contribution in [2.24, 2.45) is 0 Å². The third-order valence-corrected chi connectivity index (χ3v) is 0. The van der Waals surface area contributed by atoms with Gasteiger partial charge in [-0.1, -0.05) is 29.8 Å². The van der Waals surface area contributed by atoms with Crippen LogP contribution in [0.4, 0.5) is 0 Å². The Labute approximate surface area is 46.6 Å². The topological polar surface area (TPSA) is 66.5 Å². The van der Waals surface area contributed by atoms with Crippen LogP contribution in [0.25, 0.3) is 0 Å². The first kappa shape index (κ1) is 16.3. The first-order valence-corrected chi connectivity index (χ1v) is 1.49. The second-order valence-electron chi connectivity index (χ2n) is 0.339. The van der Waals surface area contributed by atoms with E-state index in [0.717, 1.165) is 0 Å². The molecule has 0 rings (SSSR count). The second-order valence-corrected chi connectivity index (χ2v) is 1.44. The highest BCUT2D eigenvalue weighted by Gasteiger charge is 1.60. The van der Waals surface area contributed by atoms with Crippen molar-refractivity contribution >= 4 is 23.2 Å². The van der Waals surface area contributed by atoms with E-state index in [0.29, 0.717) is 0 Å². The van der Waals surface area contributed by atoms with Gasteiger partial charge in [-0.15, -0.1) is 0 Å². The molecule has 0 aliphatic rings. The molecule has 0 spiro atoms. The summed E-state index contributed by atoms with van der Waals surface area (Å²) >= 11 is 9.69. The molecule has 4 heteroatoms. The molecule has 6 heavy (non-hydrogen) atoms. The first-order chi connectivity index (χ1) is 1.73. The molecule has 0 aromatic carbocycles. The van der Waals surface area contributed by atoms with Crippen molar-refractivity contribution in [1.29, 1.82) is 0 Å². The Morgan fingerprint density at radius 1 is 1.33 bits per heavy atom. The van der Waals surface area contributed by atoms with Gasteiger partial charge in [-0.2, -0.15) is 0 Å². The van der Waals surface area contributed by atoms with Crippen LogP contribution in [0.5, 0.6) is 0 Å². The van der Waals surface area contributed by atoms with Gasteiger partial charge in [0, 0.05) is 0 Å². The van der Waals surface area contributed by atoms with E-state index in [2.05, 4.69) is 6.58 Å². The Balaban J connectivity index is -0.0000000450. The standard InChI is InChI=1S/C2H2Cl2.H3N.H2O/c1-2(3)4;;/h1H2;1H3;1H2. The average molecular weight is 132 g/mol. The Kier molecular flexibility index (Phi) is 24.4. The number of rotatable bonds is 0. The van der Waals surface area contributed by atoms with Gasteiger partial charge in [-0.3, -0.25) is 0 Å². The Hall–Kier alpha value is 0.240. The highest BCUT2D eigenvalue weighted by atomic mass is 35.5. The van der Waals surface area contributed by atoms with Crippen molar-refractivity contribution in [2.75, 3.05) is 0 Å². The van der Waals surface area contributed by atoms with E-state index >= 15 is 0 Å². The van der Waals surface area contributed by atoms with Crippen LogP contribution in [-0.4, -0.2) is 5.48 Å². The minimum atomic E-state index is 0. The largest absolute Gasteiger partial charge is 0.412 e. The fourth-order valence-electron chi connectivity index (χ4n) is 0. The maximum absolute atomic E-state index is 4.85. The monoisotopic (exact) mass is 131 g/mol. The van der Waals surface area contributed by atoms with Crippen LogP contribution in [-0.2, 0) is 0 Å². The van der Waals surface area contributed by atoms with E-state index < -0.39 is 0 Å². The maximum atomic E-state index is 4.85. The molecule has 5 N–H and O–H groups in total. The number of hydrogen-bond acceptors (Lipinski definition) is 1. The van der Waals surface area contributed by atoms with Gasteiger partial charge in [0.05, 0.1) is 4.49 Å². The zero-order valence-corrected chi connectivity index (χ0v) is 4.68. The third kappa shape index (κ3) is 773. The van der Waals surface area contributed by atoms with Crippen LogP contribution in [0.1, 0.15) is 0 Å². The summed E-state index contributed by atoms with van der Waals surface area (Å²) in [5.74, 6) is 0. The molecule has 0 aliphatic heterocycles. The van der Waals surface area contributed by atoms with Crippen LogP contribution in [0.15, 0.2) is 11.1 Å². The molecule has 2 nitrogen and oxygen atoms in total. The minimum absolute atomic E-state index is 0. The van der Waals surface area contributed by atoms with E-state index in [1.54, 1.807) is 0 Å². The van der Waals surface area contributed by atoms with Gasteiger partial charge in [0.2, 0.25) is 0 Å². The van der Waals surface area contributed by atoms with Gasteiger partial charge in [-0.25, -0.2) is 0 Å². The van der Waals surface area contributed by atoms with Gasteiger partial charge in [0.25, 0.3) is 0 Å². The molecule has 0 fully saturated rings. The summed E-state index contributed by atoms with van der Waals surface area (Å²) in [5, 5.41) is 0. The summed E-state index contributed by atoms with van der Waals surface area (Å²) in [5.41, 5.74) is 0. The molecule has 0 saturated heterocycles. The van der Waals surface area contributed by atoms with E-state index in [9.17, 15) is 0 Å². The predicted octanol–water partition coefficient (Wildman–Crippen LogP) is 1.27. The van der Waals surface area contributed by atoms with Crippen LogP contribution in [0.2, 0.25) is 0 Å². The van der Waals surface area contributed by atoms with Crippen molar-refractivity contribution in [2.45, 2.75) is 0 Å². The van der Waals surface area contributed by atoms with E-state index in [1.165, 1.54) is 0 Å². The van der Waals surface area contributed by atoms with Gasteiger partial charge in [0.1, 0.15) is 0 Å². The van der Waals surface area contributed by atoms with Crippen molar-refractivity contribution in [3.8, 4) is 0 Å². The molecule has 0 heterocycles. The summed E-state index contributed by atoms with van der Waals surface area (Å²) in [4.78, 5) is 0. The third-order valence-electron chi connectivity index (χ3n) is 0. The highest BCUT2D eigenvalue weighted by Crippen LogP contribution is 1.98. The van der Waals surface area contributed by atoms with Crippen LogP contribution >= 0.6 is 23.2 Å². The van der Waals surface area contributed by atoms with Crippen LogP contribution in [0.3, 0.4) is 0 Å². The van der Waals surface area contributed by atoms with Gasteiger partial charge in [0.15, 0.2) is 0 Å². The number of hydrogen-bond donors (Lipinski definition) is 1. The molecule has 40 valence electrons. The Morgan fingerprint density at radius 3 is 1.33 bits per heavy atom. The van der Waals surface area contributed by atoms with E-state index in [4.69, 9.17) is 23.2 Å². The Morgan fingerprint density at radius 2 is 1.33 bits per heavy atom. The zero-order valence-electron chi connectivity index (χ0n) is 3.17. The van der Waals surface area contributed by atoms with Crippen molar-refractivity contribution < 1.29 is 5.48 Å². The van der Waals surface area contributed by atoms with Crippen molar-refractivity contribution in [1.82, 2.24) is 6.15 Å². The molecule has 0 atom stereocenters. The smallest absolute Gasteiger partial charge is 0.0992 e. The first-order valence-electron chi connectivity index (χ1n) is 0.732. The van der Waals surface area contributed by atoms with Crippen molar-refractivity contribution in [3.05, 3.63) is 11.1 Å². The van der Waals surface area contributed by atoms with Gasteiger partial charge in [-0.05, 0) is 0 Å².